The molecule has 34 heavy (non-hydrogen) atoms. The van der Waals surface area contributed by atoms with Gasteiger partial charge in [0.05, 0.1) is 13.1 Å². The summed E-state index contributed by atoms with van der Waals surface area (Å²) in [5.41, 5.74) is 6.02. The van der Waals surface area contributed by atoms with Crippen LogP contribution in [0.3, 0.4) is 0 Å². The average Bonchev–Trinajstić information content (AvgIpc) is 3.17. The van der Waals surface area contributed by atoms with Crippen molar-refractivity contribution in [3.8, 4) is 0 Å². The van der Waals surface area contributed by atoms with Crippen LogP contribution in [0.5, 0.6) is 0 Å². The molecule has 1 N–H and O–H groups in total. The van der Waals surface area contributed by atoms with Crippen molar-refractivity contribution in [2.75, 3.05) is 4.90 Å². The zero-order chi connectivity index (χ0) is 23.7. The molecule has 2 aromatic carbocycles. The third kappa shape index (κ3) is 4.35. The van der Waals surface area contributed by atoms with Crippen LogP contribution in [0, 0.1) is 10.5 Å². The van der Waals surface area contributed by atoms with Crippen LogP contribution >= 0.6 is 22.6 Å². The number of carbonyl (C=O) groups is 2. The largest absolute Gasteiger partial charge is 0.347 e. The fourth-order valence-electron chi connectivity index (χ4n) is 4.25. The molecule has 1 aliphatic heterocycles. The molecule has 0 bridgehead atoms. The Morgan fingerprint density at radius 1 is 1.03 bits per heavy atom. The first kappa shape index (κ1) is 22.3. The summed E-state index contributed by atoms with van der Waals surface area (Å²) in [6.45, 7) is 3.32. The quantitative estimate of drug-likeness (QED) is 0.359. The third-order valence-corrected chi connectivity index (χ3v) is 7.27. The Kier molecular flexibility index (Phi) is 6.19. The van der Waals surface area contributed by atoms with E-state index < -0.39 is 0 Å². The Balaban J connectivity index is 1.47. The van der Waals surface area contributed by atoms with Crippen molar-refractivity contribution >= 4 is 40.1 Å². The average molecular weight is 562 g/mol. The Morgan fingerprint density at radius 2 is 1.88 bits per heavy atom. The van der Waals surface area contributed by atoms with E-state index >= 15 is 0 Å². The number of fused-ring (bicyclic) bond motifs is 2. The van der Waals surface area contributed by atoms with E-state index in [2.05, 4.69) is 32.9 Å². The Morgan fingerprint density at radius 3 is 2.68 bits per heavy atom. The molecule has 5 rings (SSSR count). The van der Waals surface area contributed by atoms with Crippen LogP contribution in [0.2, 0.25) is 0 Å². The van der Waals surface area contributed by atoms with Gasteiger partial charge in [0.25, 0.3) is 11.8 Å². The fraction of sp³-hybridized carbons (Fsp3) is 0.148. The molecule has 4 aromatic rings. The number of hydrogen-bond donors (Lipinski definition) is 1. The van der Waals surface area contributed by atoms with Crippen LogP contribution in [-0.2, 0) is 19.6 Å². The number of para-hydroxylation sites is 1. The number of halogens is 1. The van der Waals surface area contributed by atoms with Crippen molar-refractivity contribution in [2.24, 2.45) is 0 Å². The molecular weight excluding hydrogens is 539 g/mol. The number of nitrogens with zero attached hydrogens (tertiary/aromatic N) is 3. The highest BCUT2D eigenvalue weighted by Crippen LogP contribution is 2.30. The van der Waals surface area contributed by atoms with E-state index in [4.69, 9.17) is 0 Å². The SMILES string of the molecule is Cc1cc(C(=O)N2Cc3ccc(C(=O)NCc4cccnc4)n3Cc3ccccc32)ccc1I. The molecule has 2 amide bonds. The summed E-state index contributed by atoms with van der Waals surface area (Å²) < 4.78 is 3.13. The van der Waals surface area contributed by atoms with Crippen molar-refractivity contribution in [3.05, 3.63) is 116 Å². The molecular formula is C27H23IN4O2. The summed E-state index contributed by atoms with van der Waals surface area (Å²) in [4.78, 5) is 32.6. The van der Waals surface area contributed by atoms with Crippen LogP contribution in [0.1, 0.15) is 43.2 Å². The minimum absolute atomic E-state index is 0.0517. The van der Waals surface area contributed by atoms with Gasteiger partial charge in [-0.2, -0.15) is 0 Å². The number of carbonyl (C=O) groups excluding carboxylic acids is 2. The Bertz CT molecular complexity index is 1380. The summed E-state index contributed by atoms with van der Waals surface area (Å²) in [6.07, 6.45) is 3.45. The molecule has 0 atom stereocenters. The standard InChI is InChI=1S/C27H23IN4O2/c1-18-13-20(8-10-23(18)28)27(34)32-17-22-9-11-25(26(33)30-15-19-5-4-12-29-14-19)31(22)16-21-6-2-3-7-24(21)32/h2-14H,15-17H2,1H3,(H,30,33). The molecule has 6 nitrogen and oxygen atoms in total. The van der Waals surface area contributed by atoms with Crippen molar-refractivity contribution < 1.29 is 9.59 Å². The van der Waals surface area contributed by atoms with Gasteiger partial charge < -0.3 is 14.8 Å². The monoisotopic (exact) mass is 562 g/mol. The topological polar surface area (TPSA) is 67.2 Å². The van der Waals surface area contributed by atoms with Gasteiger partial charge in [-0.3, -0.25) is 14.6 Å². The van der Waals surface area contributed by atoms with Gasteiger partial charge in [-0.15, -0.1) is 0 Å². The number of hydrogen-bond acceptors (Lipinski definition) is 3. The molecule has 2 aromatic heterocycles. The number of nitrogens with one attached hydrogen (secondary N) is 1. The number of aryl methyl sites for hydroxylation is 1. The molecule has 7 heteroatoms. The van der Waals surface area contributed by atoms with Crippen LogP contribution in [0.15, 0.2) is 79.1 Å². The molecule has 0 spiro atoms. The maximum absolute atomic E-state index is 13.6. The molecule has 3 heterocycles. The van der Waals surface area contributed by atoms with E-state index in [1.54, 1.807) is 12.4 Å². The number of amides is 2. The summed E-state index contributed by atoms with van der Waals surface area (Å²) in [5, 5.41) is 2.99. The van der Waals surface area contributed by atoms with Gasteiger partial charge in [0.1, 0.15) is 5.69 Å². The highest BCUT2D eigenvalue weighted by Gasteiger charge is 2.27. The van der Waals surface area contributed by atoms with Gasteiger partial charge in [0, 0.05) is 39.5 Å². The van der Waals surface area contributed by atoms with E-state index in [0.717, 1.165) is 31.6 Å². The first-order valence-corrected chi connectivity index (χ1v) is 12.1. The molecule has 0 aliphatic carbocycles. The number of pyridine rings is 1. The van der Waals surface area contributed by atoms with Gasteiger partial charge >= 0.3 is 0 Å². The lowest BCUT2D eigenvalue weighted by atomic mass is 10.1. The van der Waals surface area contributed by atoms with Crippen LogP contribution in [0.25, 0.3) is 0 Å². The zero-order valence-corrected chi connectivity index (χ0v) is 20.8. The van der Waals surface area contributed by atoms with Crippen molar-refractivity contribution in [1.29, 1.82) is 0 Å². The van der Waals surface area contributed by atoms with Crippen molar-refractivity contribution in [3.63, 3.8) is 0 Å². The molecule has 0 radical (unpaired) electrons. The lowest BCUT2D eigenvalue weighted by molar-refractivity contribution is 0.0941. The van der Waals surface area contributed by atoms with E-state index in [0.29, 0.717) is 30.9 Å². The Hall–Kier alpha value is -3.46. The third-order valence-electron chi connectivity index (χ3n) is 6.06. The van der Waals surface area contributed by atoms with Gasteiger partial charge in [-0.05, 0) is 88.7 Å². The van der Waals surface area contributed by atoms with Crippen LogP contribution in [-0.4, -0.2) is 21.4 Å². The number of rotatable bonds is 4. The maximum atomic E-state index is 13.6. The second-order valence-corrected chi connectivity index (χ2v) is 9.49. The zero-order valence-electron chi connectivity index (χ0n) is 18.7. The van der Waals surface area contributed by atoms with Crippen LogP contribution in [0.4, 0.5) is 5.69 Å². The highest BCUT2D eigenvalue weighted by atomic mass is 127. The molecule has 1 aliphatic rings. The van der Waals surface area contributed by atoms with E-state index in [1.165, 1.54) is 0 Å². The van der Waals surface area contributed by atoms with Gasteiger partial charge in [-0.1, -0.05) is 24.3 Å². The smallest absolute Gasteiger partial charge is 0.268 e. The van der Waals surface area contributed by atoms with Crippen LogP contribution < -0.4 is 10.2 Å². The first-order valence-electron chi connectivity index (χ1n) is 11.0. The lowest BCUT2D eigenvalue weighted by Crippen LogP contribution is -2.31. The van der Waals surface area contributed by atoms with Crippen molar-refractivity contribution in [2.45, 2.75) is 26.6 Å². The summed E-state index contributed by atoms with van der Waals surface area (Å²) >= 11 is 2.28. The van der Waals surface area contributed by atoms with Crippen molar-refractivity contribution in [1.82, 2.24) is 14.9 Å². The maximum Gasteiger partial charge on any atom is 0.268 e. The van der Waals surface area contributed by atoms with Gasteiger partial charge in [0.15, 0.2) is 0 Å². The minimum Gasteiger partial charge on any atom is -0.347 e. The predicted molar refractivity (Wildman–Crippen MR) is 140 cm³/mol. The van der Waals surface area contributed by atoms with E-state index in [9.17, 15) is 9.59 Å². The highest BCUT2D eigenvalue weighted by molar-refractivity contribution is 14.1. The molecule has 0 unspecified atom stereocenters. The fourth-order valence-corrected chi connectivity index (χ4v) is 4.58. The molecule has 0 fully saturated rings. The number of aromatic nitrogens is 2. The summed E-state index contributed by atoms with van der Waals surface area (Å²) in [6, 6.07) is 21.2. The first-order chi connectivity index (χ1) is 16.5. The van der Waals surface area contributed by atoms with Gasteiger partial charge in [-0.25, -0.2) is 0 Å². The summed E-state index contributed by atoms with van der Waals surface area (Å²) in [7, 11) is 0. The molecule has 170 valence electrons. The van der Waals surface area contributed by atoms with E-state index in [-0.39, 0.29) is 11.8 Å². The number of anilines is 1. The van der Waals surface area contributed by atoms with Gasteiger partial charge in [0.2, 0.25) is 0 Å². The molecule has 0 saturated heterocycles. The second-order valence-electron chi connectivity index (χ2n) is 8.32. The number of benzene rings is 2. The predicted octanol–water partition coefficient (Wildman–Crippen LogP) is 4.93. The Labute approximate surface area is 211 Å². The minimum atomic E-state index is -0.152. The second kappa shape index (κ2) is 9.42. The summed E-state index contributed by atoms with van der Waals surface area (Å²) in [5.74, 6) is -0.204. The van der Waals surface area contributed by atoms with E-state index in [1.807, 2.05) is 83.1 Å². The lowest BCUT2D eigenvalue weighted by Gasteiger charge is -2.23. The molecule has 0 saturated carbocycles. The normalized spacial score (nSPS) is 12.5.